The summed E-state index contributed by atoms with van der Waals surface area (Å²) in [5.41, 5.74) is 13.8. The van der Waals surface area contributed by atoms with Crippen molar-refractivity contribution in [3.8, 4) is 0 Å². The van der Waals surface area contributed by atoms with Crippen LogP contribution in [0.5, 0.6) is 0 Å². The van der Waals surface area contributed by atoms with Gasteiger partial charge in [-0.25, -0.2) is 0 Å². The second-order valence-corrected chi connectivity index (χ2v) is 3.76. The quantitative estimate of drug-likeness (QED) is 0.541. The smallest absolute Gasteiger partial charge is 0.187 e. The lowest BCUT2D eigenvalue weighted by Gasteiger charge is -2.14. The minimum atomic E-state index is 0.124. The van der Waals surface area contributed by atoms with E-state index in [0.717, 1.165) is 17.6 Å². The third-order valence-electron chi connectivity index (χ3n) is 2.16. The molecule has 4 N–H and O–H groups in total. The van der Waals surface area contributed by atoms with Gasteiger partial charge >= 0.3 is 0 Å². The van der Waals surface area contributed by atoms with E-state index in [1.807, 2.05) is 27.7 Å². The van der Waals surface area contributed by atoms with Gasteiger partial charge in [0.15, 0.2) is 5.88 Å². The molecule has 0 fully saturated rings. The van der Waals surface area contributed by atoms with Crippen molar-refractivity contribution in [2.75, 3.05) is 0 Å². The molecular formula is C12H22N2O. The minimum absolute atomic E-state index is 0.124. The zero-order valence-corrected chi connectivity index (χ0v) is 10.1. The average Bonchev–Trinajstić information content (AvgIpc) is 2.16. The summed E-state index contributed by atoms with van der Waals surface area (Å²) >= 11 is 0. The molecule has 0 aromatic carbocycles. The highest BCUT2D eigenvalue weighted by atomic mass is 16.5. The van der Waals surface area contributed by atoms with E-state index in [1.165, 1.54) is 0 Å². The van der Waals surface area contributed by atoms with Gasteiger partial charge in [0.05, 0.1) is 6.10 Å². The predicted molar refractivity (Wildman–Crippen MR) is 64.8 cm³/mol. The van der Waals surface area contributed by atoms with E-state index >= 15 is 0 Å². The molecule has 86 valence electrons. The van der Waals surface area contributed by atoms with E-state index < -0.39 is 0 Å². The Labute approximate surface area is 92.5 Å². The molecule has 0 amide bonds. The monoisotopic (exact) mass is 210 g/mol. The molecule has 0 rings (SSSR count). The number of hydrogen-bond donors (Lipinski definition) is 2. The number of allylic oxidation sites excluding steroid dienone is 3. The lowest BCUT2D eigenvalue weighted by Crippen LogP contribution is -2.13. The fraction of sp³-hybridized carbons (Fsp3) is 0.500. The lowest BCUT2D eigenvalue weighted by atomic mass is 10.2. The predicted octanol–water partition coefficient (Wildman–Crippen LogP) is 2.41. The van der Waals surface area contributed by atoms with E-state index in [0.29, 0.717) is 11.6 Å². The molecule has 0 heterocycles. The van der Waals surface area contributed by atoms with Crippen molar-refractivity contribution >= 4 is 0 Å². The van der Waals surface area contributed by atoms with Gasteiger partial charge in [0.2, 0.25) is 0 Å². The number of hydrogen-bond acceptors (Lipinski definition) is 3. The van der Waals surface area contributed by atoms with Crippen molar-refractivity contribution in [3.63, 3.8) is 0 Å². The fourth-order valence-electron chi connectivity index (χ4n) is 0.821. The van der Waals surface area contributed by atoms with Crippen LogP contribution in [-0.2, 0) is 4.74 Å². The van der Waals surface area contributed by atoms with Gasteiger partial charge in [-0.05, 0) is 38.8 Å². The molecule has 0 aliphatic rings. The van der Waals surface area contributed by atoms with Crippen LogP contribution in [0, 0.1) is 0 Å². The third-order valence-corrected chi connectivity index (χ3v) is 2.16. The molecule has 1 unspecified atom stereocenters. The summed E-state index contributed by atoms with van der Waals surface area (Å²) in [7, 11) is 0. The molecule has 3 heteroatoms. The largest absolute Gasteiger partial charge is 0.476 e. The highest BCUT2D eigenvalue weighted by Gasteiger charge is 2.03. The topological polar surface area (TPSA) is 61.3 Å². The lowest BCUT2D eigenvalue weighted by molar-refractivity contribution is 0.124. The summed E-state index contributed by atoms with van der Waals surface area (Å²) in [5.74, 6) is 0.425. The van der Waals surface area contributed by atoms with E-state index in [1.54, 1.807) is 6.08 Å². The highest BCUT2D eigenvalue weighted by molar-refractivity contribution is 5.32. The Morgan fingerprint density at radius 2 is 1.93 bits per heavy atom. The van der Waals surface area contributed by atoms with Crippen LogP contribution in [0.25, 0.3) is 0 Å². The number of ether oxygens (including phenoxy) is 1. The van der Waals surface area contributed by atoms with Crippen molar-refractivity contribution in [1.82, 2.24) is 0 Å². The molecule has 3 nitrogen and oxygen atoms in total. The Hall–Kier alpha value is -1.38. The Balaban J connectivity index is 4.65. The van der Waals surface area contributed by atoms with Gasteiger partial charge in [0, 0.05) is 11.3 Å². The van der Waals surface area contributed by atoms with Crippen molar-refractivity contribution in [3.05, 3.63) is 35.4 Å². The Bertz CT molecular complexity index is 290. The molecule has 0 radical (unpaired) electrons. The standard InChI is InChI=1S/C12H22N2O/c1-6-10(5)15-12(14)9(4)7-11(13)8(2)3/h7,10H,2,6,13-14H2,1,3-5H3/b11-7+,12-9+. The maximum atomic E-state index is 5.77. The van der Waals surface area contributed by atoms with E-state index in [4.69, 9.17) is 16.2 Å². The SMILES string of the molecule is C=C(C)/C(N)=C\C(C)=C(/N)OC(C)CC. The number of rotatable bonds is 5. The molecule has 0 saturated heterocycles. The Morgan fingerprint density at radius 1 is 1.40 bits per heavy atom. The second kappa shape index (κ2) is 6.17. The molecular weight excluding hydrogens is 188 g/mol. The van der Waals surface area contributed by atoms with Crippen LogP contribution in [0.3, 0.4) is 0 Å². The summed E-state index contributed by atoms with van der Waals surface area (Å²) in [6.45, 7) is 11.5. The van der Waals surface area contributed by atoms with Crippen molar-refractivity contribution in [1.29, 1.82) is 0 Å². The molecule has 0 saturated carbocycles. The van der Waals surface area contributed by atoms with E-state index in [2.05, 4.69) is 6.58 Å². The summed E-state index contributed by atoms with van der Waals surface area (Å²) < 4.78 is 5.47. The first-order valence-corrected chi connectivity index (χ1v) is 5.14. The van der Waals surface area contributed by atoms with Gasteiger partial charge in [-0.1, -0.05) is 13.5 Å². The fourth-order valence-corrected chi connectivity index (χ4v) is 0.821. The second-order valence-electron chi connectivity index (χ2n) is 3.76. The van der Waals surface area contributed by atoms with Crippen molar-refractivity contribution < 1.29 is 4.74 Å². The van der Waals surface area contributed by atoms with Gasteiger partial charge in [-0.15, -0.1) is 0 Å². The average molecular weight is 210 g/mol. The first kappa shape index (κ1) is 13.6. The summed E-state index contributed by atoms with van der Waals surface area (Å²) in [6, 6.07) is 0. The van der Waals surface area contributed by atoms with Gasteiger partial charge in [0.1, 0.15) is 0 Å². The van der Waals surface area contributed by atoms with Crippen LogP contribution in [0.2, 0.25) is 0 Å². The van der Waals surface area contributed by atoms with Crippen LogP contribution in [-0.4, -0.2) is 6.10 Å². The van der Waals surface area contributed by atoms with E-state index in [-0.39, 0.29) is 6.10 Å². The normalized spacial score (nSPS) is 15.6. The van der Waals surface area contributed by atoms with Crippen LogP contribution in [0.15, 0.2) is 35.4 Å². The van der Waals surface area contributed by atoms with Crippen molar-refractivity contribution in [2.24, 2.45) is 11.5 Å². The zero-order valence-electron chi connectivity index (χ0n) is 10.1. The Morgan fingerprint density at radius 3 is 2.33 bits per heavy atom. The summed E-state index contributed by atoms with van der Waals surface area (Å²) in [5, 5.41) is 0. The molecule has 0 aromatic heterocycles. The summed E-state index contributed by atoms with van der Waals surface area (Å²) in [4.78, 5) is 0. The molecule has 1 atom stereocenters. The zero-order chi connectivity index (χ0) is 12.0. The van der Waals surface area contributed by atoms with Gasteiger partial charge in [-0.3, -0.25) is 0 Å². The number of nitrogens with two attached hydrogens (primary N) is 2. The molecule has 0 aliphatic heterocycles. The third kappa shape index (κ3) is 5.15. The minimum Gasteiger partial charge on any atom is -0.476 e. The van der Waals surface area contributed by atoms with Crippen LogP contribution in [0.1, 0.15) is 34.1 Å². The maximum absolute atomic E-state index is 5.77. The Kier molecular flexibility index (Phi) is 5.60. The first-order chi connectivity index (χ1) is 6.88. The highest BCUT2D eigenvalue weighted by Crippen LogP contribution is 2.10. The molecule has 0 bridgehead atoms. The van der Waals surface area contributed by atoms with E-state index in [9.17, 15) is 0 Å². The summed E-state index contributed by atoms with van der Waals surface area (Å²) in [6.07, 6.45) is 2.83. The van der Waals surface area contributed by atoms with Gasteiger partial charge in [-0.2, -0.15) is 0 Å². The molecule has 15 heavy (non-hydrogen) atoms. The van der Waals surface area contributed by atoms with Crippen LogP contribution < -0.4 is 11.5 Å². The van der Waals surface area contributed by atoms with Gasteiger partial charge in [0.25, 0.3) is 0 Å². The van der Waals surface area contributed by atoms with Gasteiger partial charge < -0.3 is 16.2 Å². The molecule has 0 spiro atoms. The maximum Gasteiger partial charge on any atom is 0.187 e. The van der Waals surface area contributed by atoms with Crippen LogP contribution >= 0.6 is 0 Å². The van der Waals surface area contributed by atoms with Crippen LogP contribution in [0.4, 0.5) is 0 Å². The molecule has 0 aliphatic carbocycles. The van der Waals surface area contributed by atoms with Crippen molar-refractivity contribution in [2.45, 2.75) is 40.2 Å². The first-order valence-electron chi connectivity index (χ1n) is 5.14. The molecule has 0 aromatic rings.